The van der Waals surface area contributed by atoms with E-state index in [-0.39, 0.29) is 23.6 Å². The number of carbonyl (C=O) groups excluding carboxylic acids is 1. The van der Waals surface area contributed by atoms with E-state index in [0.717, 1.165) is 23.8 Å². The van der Waals surface area contributed by atoms with Crippen molar-refractivity contribution in [2.24, 2.45) is 5.16 Å². The summed E-state index contributed by atoms with van der Waals surface area (Å²) < 4.78 is 28.8. The molecule has 2 heterocycles. The lowest BCUT2D eigenvalue weighted by Gasteiger charge is -2.09. The predicted octanol–water partition coefficient (Wildman–Crippen LogP) is 2.17. The summed E-state index contributed by atoms with van der Waals surface area (Å²) in [4.78, 5) is 17.2. The molecule has 0 spiro atoms. The quantitative estimate of drug-likeness (QED) is 0.814. The van der Waals surface area contributed by atoms with Gasteiger partial charge in [-0.3, -0.25) is 9.48 Å². The summed E-state index contributed by atoms with van der Waals surface area (Å²) in [6, 6.07) is 3.10. The Bertz CT molecular complexity index is 804. The molecule has 132 valence electrons. The van der Waals surface area contributed by atoms with Gasteiger partial charge < -0.3 is 10.2 Å². The number of benzene rings is 1. The maximum atomic E-state index is 13.7. The van der Waals surface area contributed by atoms with Crippen LogP contribution in [0.2, 0.25) is 0 Å². The minimum Gasteiger partial charge on any atom is -0.382 e. The van der Waals surface area contributed by atoms with Crippen molar-refractivity contribution in [2.75, 3.05) is 6.54 Å². The van der Waals surface area contributed by atoms with Gasteiger partial charge in [0.25, 0.3) is 5.91 Å². The average molecular weight is 348 g/mol. The van der Waals surface area contributed by atoms with Gasteiger partial charge in [-0.05, 0) is 37.1 Å². The maximum Gasteiger partial charge on any atom is 0.264 e. The Morgan fingerprint density at radius 2 is 2.28 bits per heavy atom. The lowest BCUT2D eigenvalue weighted by Crippen LogP contribution is -2.35. The number of aromatic nitrogens is 2. The van der Waals surface area contributed by atoms with Gasteiger partial charge >= 0.3 is 0 Å². The van der Waals surface area contributed by atoms with Crippen LogP contribution in [0.15, 0.2) is 35.7 Å². The molecule has 1 atom stereocenters. The fourth-order valence-corrected chi connectivity index (χ4v) is 2.55. The van der Waals surface area contributed by atoms with Crippen LogP contribution in [0.3, 0.4) is 0 Å². The van der Waals surface area contributed by atoms with Gasteiger partial charge in [-0.25, -0.2) is 8.78 Å². The van der Waals surface area contributed by atoms with Crippen LogP contribution in [0.25, 0.3) is 0 Å². The van der Waals surface area contributed by atoms with Crippen molar-refractivity contribution in [1.29, 1.82) is 0 Å². The molecule has 1 N–H and O–H groups in total. The van der Waals surface area contributed by atoms with Crippen LogP contribution < -0.4 is 5.32 Å². The molecule has 25 heavy (non-hydrogen) atoms. The molecule has 0 saturated carbocycles. The summed E-state index contributed by atoms with van der Waals surface area (Å²) in [5, 5.41) is 10.6. The summed E-state index contributed by atoms with van der Waals surface area (Å²) in [5.41, 5.74) is 1.33. The van der Waals surface area contributed by atoms with Gasteiger partial charge in [-0.2, -0.15) is 5.10 Å². The van der Waals surface area contributed by atoms with Gasteiger partial charge in [0.2, 0.25) is 6.10 Å². The molecule has 1 aliphatic rings. The zero-order chi connectivity index (χ0) is 17.8. The van der Waals surface area contributed by atoms with Gasteiger partial charge in [0.15, 0.2) is 0 Å². The molecule has 1 amide bonds. The largest absolute Gasteiger partial charge is 0.382 e. The van der Waals surface area contributed by atoms with Gasteiger partial charge in [0.1, 0.15) is 11.6 Å². The number of hydrogen-bond acceptors (Lipinski definition) is 4. The summed E-state index contributed by atoms with van der Waals surface area (Å²) >= 11 is 0. The number of nitrogens with zero attached hydrogens (tertiary/aromatic N) is 3. The van der Waals surface area contributed by atoms with E-state index in [1.165, 1.54) is 0 Å². The molecule has 0 saturated heterocycles. The second-order valence-electron chi connectivity index (χ2n) is 5.89. The number of carbonyl (C=O) groups is 1. The molecule has 0 bridgehead atoms. The Hall–Kier alpha value is -2.77. The first-order valence-electron chi connectivity index (χ1n) is 7.98. The van der Waals surface area contributed by atoms with Crippen LogP contribution in [-0.4, -0.2) is 34.0 Å². The molecular formula is C17H18F2N4O2. The number of amides is 1. The second-order valence-corrected chi connectivity index (χ2v) is 5.89. The number of hydrogen-bond donors (Lipinski definition) is 1. The summed E-state index contributed by atoms with van der Waals surface area (Å²) in [5.74, 6) is -1.49. The van der Waals surface area contributed by atoms with E-state index in [9.17, 15) is 13.6 Å². The Morgan fingerprint density at radius 1 is 1.44 bits per heavy atom. The van der Waals surface area contributed by atoms with Crippen LogP contribution in [0.4, 0.5) is 8.78 Å². The Labute approximate surface area is 143 Å². The molecule has 3 rings (SSSR count). The van der Waals surface area contributed by atoms with E-state index in [2.05, 4.69) is 15.6 Å². The monoisotopic (exact) mass is 348 g/mol. The molecule has 8 heteroatoms. The SMILES string of the molecule is Cc1cnn(CCCNC(=O)[C@@H]2CC(c3cc(F)ccc3F)=NO2)c1. The Kier molecular flexibility index (Phi) is 5.06. The highest BCUT2D eigenvalue weighted by Crippen LogP contribution is 2.20. The highest BCUT2D eigenvalue weighted by atomic mass is 19.1. The van der Waals surface area contributed by atoms with Gasteiger partial charge in [0.05, 0.1) is 11.9 Å². The van der Waals surface area contributed by atoms with Crippen molar-refractivity contribution in [1.82, 2.24) is 15.1 Å². The first-order valence-corrected chi connectivity index (χ1v) is 7.98. The van der Waals surface area contributed by atoms with Crippen LogP contribution >= 0.6 is 0 Å². The van der Waals surface area contributed by atoms with E-state index in [0.29, 0.717) is 19.5 Å². The van der Waals surface area contributed by atoms with E-state index in [4.69, 9.17) is 4.84 Å². The van der Waals surface area contributed by atoms with Crippen molar-refractivity contribution in [2.45, 2.75) is 32.4 Å². The molecule has 0 fully saturated rings. The smallest absolute Gasteiger partial charge is 0.264 e. The fourth-order valence-electron chi connectivity index (χ4n) is 2.55. The normalized spacial score (nSPS) is 16.4. The average Bonchev–Trinajstić information content (AvgIpc) is 3.23. The van der Waals surface area contributed by atoms with Crippen molar-refractivity contribution < 1.29 is 18.4 Å². The maximum absolute atomic E-state index is 13.7. The van der Waals surface area contributed by atoms with E-state index in [1.54, 1.807) is 6.20 Å². The Morgan fingerprint density at radius 3 is 3.04 bits per heavy atom. The molecule has 6 nitrogen and oxygen atoms in total. The van der Waals surface area contributed by atoms with Gasteiger partial charge in [0, 0.05) is 31.3 Å². The highest BCUT2D eigenvalue weighted by molar-refractivity contribution is 6.04. The summed E-state index contributed by atoms with van der Waals surface area (Å²) in [6.07, 6.45) is 3.69. The fraction of sp³-hybridized carbons (Fsp3) is 0.353. The number of aryl methyl sites for hydroxylation is 2. The minimum atomic E-state index is -0.829. The number of nitrogens with one attached hydrogen (secondary N) is 1. The number of rotatable bonds is 6. The molecular weight excluding hydrogens is 330 g/mol. The van der Waals surface area contributed by atoms with Crippen LogP contribution in [-0.2, 0) is 16.2 Å². The second kappa shape index (κ2) is 7.42. The molecule has 1 aliphatic heterocycles. The van der Waals surface area contributed by atoms with Crippen molar-refractivity contribution >= 4 is 11.6 Å². The van der Waals surface area contributed by atoms with Crippen molar-refractivity contribution in [3.63, 3.8) is 0 Å². The van der Waals surface area contributed by atoms with Gasteiger partial charge in [-0.15, -0.1) is 0 Å². The first kappa shape index (κ1) is 17.1. The highest BCUT2D eigenvalue weighted by Gasteiger charge is 2.30. The lowest BCUT2D eigenvalue weighted by atomic mass is 10.0. The molecule has 1 aromatic carbocycles. The van der Waals surface area contributed by atoms with Gasteiger partial charge in [-0.1, -0.05) is 5.16 Å². The molecule has 0 unspecified atom stereocenters. The van der Waals surface area contributed by atoms with E-state index in [1.807, 2.05) is 17.8 Å². The van der Waals surface area contributed by atoms with E-state index < -0.39 is 17.7 Å². The van der Waals surface area contributed by atoms with Crippen LogP contribution in [0, 0.1) is 18.6 Å². The Balaban J connectivity index is 1.46. The number of oxime groups is 1. The standard InChI is InChI=1S/C17H18F2N4O2/c1-11-9-21-23(10-11)6-2-5-20-17(24)16-8-15(22-25-16)13-7-12(18)3-4-14(13)19/h3-4,7,9-10,16H,2,5-6,8H2,1H3,(H,20,24)/t16-/m0/s1. The molecule has 2 aromatic rings. The van der Waals surface area contributed by atoms with E-state index >= 15 is 0 Å². The zero-order valence-corrected chi connectivity index (χ0v) is 13.7. The third-order valence-corrected chi connectivity index (χ3v) is 3.83. The van der Waals surface area contributed by atoms with Crippen LogP contribution in [0.1, 0.15) is 24.0 Å². The topological polar surface area (TPSA) is 68.5 Å². The molecule has 0 aliphatic carbocycles. The summed E-state index contributed by atoms with van der Waals surface area (Å²) in [6.45, 7) is 3.11. The zero-order valence-electron chi connectivity index (χ0n) is 13.7. The van der Waals surface area contributed by atoms with Crippen molar-refractivity contribution in [3.8, 4) is 0 Å². The molecule has 1 aromatic heterocycles. The number of halogens is 2. The third kappa shape index (κ3) is 4.20. The third-order valence-electron chi connectivity index (χ3n) is 3.83. The lowest BCUT2D eigenvalue weighted by molar-refractivity contribution is -0.131. The van der Waals surface area contributed by atoms with Crippen LogP contribution in [0.5, 0.6) is 0 Å². The summed E-state index contributed by atoms with van der Waals surface area (Å²) in [7, 11) is 0. The predicted molar refractivity (Wildman–Crippen MR) is 87.0 cm³/mol. The van der Waals surface area contributed by atoms with Crippen molar-refractivity contribution in [3.05, 3.63) is 53.4 Å². The first-order chi connectivity index (χ1) is 12.0. The minimum absolute atomic E-state index is 0.0179. The molecule has 0 radical (unpaired) electrons.